The van der Waals surface area contributed by atoms with Crippen molar-refractivity contribution in [1.29, 1.82) is 0 Å². The maximum absolute atomic E-state index is 12.9. The number of rotatable bonds is 4. The first-order valence-corrected chi connectivity index (χ1v) is 6.84. The fraction of sp³-hybridized carbons (Fsp3) is 0.200. The van der Waals surface area contributed by atoms with Crippen molar-refractivity contribution in [3.8, 4) is 0 Å². The van der Waals surface area contributed by atoms with Crippen LogP contribution in [0.1, 0.15) is 11.1 Å². The molecule has 0 atom stereocenters. The normalized spacial score (nSPS) is 10.5. The molecule has 0 aromatic heterocycles. The van der Waals surface area contributed by atoms with Gasteiger partial charge in [-0.25, -0.2) is 4.39 Å². The number of hydrogen-bond acceptors (Lipinski definition) is 2. The van der Waals surface area contributed by atoms with Crippen LogP contribution in [0, 0.1) is 5.82 Å². The molecule has 0 radical (unpaired) electrons. The minimum atomic E-state index is -0.212. The first-order valence-electron chi connectivity index (χ1n) is 6.05. The van der Waals surface area contributed by atoms with Gasteiger partial charge < -0.3 is 10.6 Å². The van der Waals surface area contributed by atoms with Crippen molar-refractivity contribution in [2.75, 3.05) is 11.9 Å². The van der Waals surface area contributed by atoms with E-state index < -0.39 is 0 Å². The molecular formula is C15H16BrFN2. The lowest BCUT2D eigenvalue weighted by Crippen LogP contribution is -2.19. The molecule has 0 saturated carbocycles. The number of benzene rings is 2. The Balaban J connectivity index is 2.22. The van der Waals surface area contributed by atoms with E-state index in [4.69, 9.17) is 5.73 Å². The summed E-state index contributed by atoms with van der Waals surface area (Å²) in [6.07, 6.45) is 0. The standard InChI is InChI=1S/C15H16BrFN2/c1-19(10-11-5-7-12(17)8-6-11)15-4-2-3-14(16)13(15)9-18/h2-8H,9-10,18H2,1H3. The molecule has 0 heterocycles. The van der Waals surface area contributed by atoms with Crippen LogP contribution < -0.4 is 10.6 Å². The van der Waals surface area contributed by atoms with E-state index in [9.17, 15) is 4.39 Å². The van der Waals surface area contributed by atoms with Gasteiger partial charge in [0.1, 0.15) is 5.82 Å². The smallest absolute Gasteiger partial charge is 0.123 e. The second-order valence-corrected chi connectivity index (χ2v) is 5.28. The number of anilines is 1. The first-order chi connectivity index (χ1) is 9.11. The van der Waals surface area contributed by atoms with E-state index >= 15 is 0 Å². The molecule has 2 rings (SSSR count). The Morgan fingerprint density at radius 3 is 2.47 bits per heavy atom. The monoisotopic (exact) mass is 322 g/mol. The summed E-state index contributed by atoms with van der Waals surface area (Å²) >= 11 is 3.51. The molecule has 2 aromatic rings. The van der Waals surface area contributed by atoms with E-state index in [1.807, 2.05) is 25.2 Å². The molecule has 0 aliphatic rings. The molecule has 0 amide bonds. The third-order valence-electron chi connectivity index (χ3n) is 3.04. The third-order valence-corrected chi connectivity index (χ3v) is 3.79. The van der Waals surface area contributed by atoms with E-state index in [2.05, 4.69) is 20.8 Å². The van der Waals surface area contributed by atoms with Gasteiger partial charge in [-0.15, -0.1) is 0 Å². The molecule has 2 nitrogen and oxygen atoms in total. The van der Waals surface area contributed by atoms with Crippen molar-refractivity contribution in [3.05, 3.63) is 63.9 Å². The fourth-order valence-electron chi connectivity index (χ4n) is 2.06. The molecule has 2 aromatic carbocycles. The second-order valence-electron chi connectivity index (χ2n) is 4.42. The Labute approximate surface area is 121 Å². The van der Waals surface area contributed by atoms with Crippen molar-refractivity contribution < 1.29 is 4.39 Å². The minimum Gasteiger partial charge on any atom is -0.370 e. The minimum absolute atomic E-state index is 0.212. The summed E-state index contributed by atoms with van der Waals surface area (Å²) in [6, 6.07) is 12.6. The van der Waals surface area contributed by atoms with Gasteiger partial charge in [-0.1, -0.05) is 34.1 Å². The van der Waals surface area contributed by atoms with Crippen molar-refractivity contribution in [2.45, 2.75) is 13.1 Å². The van der Waals surface area contributed by atoms with E-state index in [-0.39, 0.29) is 5.82 Å². The molecule has 100 valence electrons. The number of nitrogens with zero attached hydrogens (tertiary/aromatic N) is 1. The summed E-state index contributed by atoms with van der Waals surface area (Å²) in [5.41, 5.74) is 9.02. The number of hydrogen-bond donors (Lipinski definition) is 1. The molecule has 0 bridgehead atoms. The van der Waals surface area contributed by atoms with Crippen LogP contribution in [0.5, 0.6) is 0 Å². The van der Waals surface area contributed by atoms with E-state index in [0.29, 0.717) is 13.1 Å². The largest absolute Gasteiger partial charge is 0.370 e. The zero-order valence-electron chi connectivity index (χ0n) is 10.7. The molecule has 0 saturated heterocycles. The van der Waals surface area contributed by atoms with Crippen LogP contribution >= 0.6 is 15.9 Å². The Kier molecular flexibility index (Phi) is 4.56. The Bertz CT molecular complexity index is 555. The van der Waals surface area contributed by atoms with Crippen LogP contribution in [0.2, 0.25) is 0 Å². The van der Waals surface area contributed by atoms with Gasteiger partial charge in [0.2, 0.25) is 0 Å². The lowest BCUT2D eigenvalue weighted by molar-refractivity contribution is 0.627. The van der Waals surface area contributed by atoms with Gasteiger partial charge in [0.25, 0.3) is 0 Å². The lowest BCUT2D eigenvalue weighted by Gasteiger charge is -2.23. The van der Waals surface area contributed by atoms with Gasteiger partial charge in [0.15, 0.2) is 0 Å². The molecule has 0 aliphatic carbocycles. The highest BCUT2D eigenvalue weighted by Gasteiger charge is 2.09. The molecule has 4 heteroatoms. The van der Waals surface area contributed by atoms with E-state index in [1.165, 1.54) is 12.1 Å². The topological polar surface area (TPSA) is 29.3 Å². The van der Waals surface area contributed by atoms with Gasteiger partial charge in [0.05, 0.1) is 0 Å². The highest BCUT2D eigenvalue weighted by Crippen LogP contribution is 2.27. The maximum Gasteiger partial charge on any atom is 0.123 e. The van der Waals surface area contributed by atoms with Gasteiger partial charge in [-0.05, 0) is 29.8 Å². The van der Waals surface area contributed by atoms with Gasteiger partial charge in [0, 0.05) is 35.9 Å². The van der Waals surface area contributed by atoms with Crippen LogP contribution in [0.25, 0.3) is 0 Å². The first kappa shape index (κ1) is 14.0. The number of nitrogens with two attached hydrogens (primary N) is 1. The van der Waals surface area contributed by atoms with Crippen LogP contribution in [0.3, 0.4) is 0 Å². The van der Waals surface area contributed by atoms with Gasteiger partial charge in [-0.2, -0.15) is 0 Å². The number of halogens is 2. The molecule has 0 aliphatic heterocycles. The molecular weight excluding hydrogens is 307 g/mol. The molecule has 0 fully saturated rings. The average molecular weight is 323 g/mol. The van der Waals surface area contributed by atoms with Gasteiger partial charge in [-0.3, -0.25) is 0 Å². The zero-order valence-corrected chi connectivity index (χ0v) is 12.3. The van der Waals surface area contributed by atoms with Crippen molar-refractivity contribution in [2.24, 2.45) is 5.73 Å². The van der Waals surface area contributed by atoms with Gasteiger partial charge >= 0.3 is 0 Å². The molecule has 19 heavy (non-hydrogen) atoms. The summed E-state index contributed by atoms with van der Waals surface area (Å²) in [6.45, 7) is 1.19. The summed E-state index contributed by atoms with van der Waals surface area (Å²) in [4.78, 5) is 2.11. The predicted octanol–water partition coefficient (Wildman–Crippen LogP) is 3.68. The zero-order chi connectivity index (χ0) is 13.8. The van der Waals surface area contributed by atoms with Crippen LogP contribution in [-0.4, -0.2) is 7.05 Å². The quantitative estimate of drug-likeness (QED) is 0.930. The van der Waals surface area contributed by atoms with Crippen LogP contribution in [-0.2, 0) is 13.1 Å². The fourth-order valence-corrected chi connectivity index (χ4v) is 2.57. The summed E-state index contributed by atoms with van der Waals surface area (Å²) in [5.74, 6) is -0.212. The lowest BCUT2D eigenvalue weighted by atomic mass is 10.1. The predicted molar refractivity (Wildman–Crippen MR) is 80.5 cm³/mol. The molecule has 0 unspecified atom stereocenters. The summed E-state index contributed by atoms with van der Waals surface area (Å²) in [5, 5.41) is 0. The highest BCUT2D eigenvalue weighted by atomic mass is 79.9. The van der Waals surface area contributed by atoms with Crippen LogP contribution in [0.4, 0.5) is 10.1 Å². The third kappa shape index (κ3) is 3.33. The van der Waals surface area contributed by atoms with E-state index in [1.54, 1.807) is 12.1 Å². The average Bonchev–Trinajstić information content (AvgIpc) is 2.41. The summed E-state index contributed by atoms with van der Waals surface area (Å²) < 4.78 is 13.9. The maximum atomic E-state index is 12.9. The Morgan fingerprint density at radius 2 is 1.84 bits per heavy atom. The van der Waals surface area contributed by atoms with Crippen molar-refractivity contribution in [3.63, 3.8) is 0 Å². The SMILES string of the molecule is CN(Cc1ccc(F)cc1)c1cccc(Br)c1CN. The Morgan fingerprint density at radius 1 is 1.16 bits per heavy atom. The molecule has 2 N–H and O–H groups in total. The highest BCUT2D eigenvalue weighted by molar-refractivity contribution is 9.10. The Hall–Kier alpha value is -1.39. The second kappa shape index (κ2) is 6.17. The van der Waals surface area contributed by atoms with Crippen molar-refractivity contribution in [1.82, 2.24) is 0 Å². The van der Waals surface area contributed by atoms with Crippen molar-refractivity contribution >= 4 is 21.6 Å². The van der Waals surface area contributed by atoms with Crippen LogP contribution in [0.15, 0.2) is 46.9 Å². The summed E-state index contributed by atoms with van der Waals surface area (Å²) in [7, 11) is 2.00. The molecule has 0 spiro atoms. The van der Waals surface area contributed by atoms with E-state index in [0.717, 1.165) is 21.3 Å².